The fraction of sp³-hybridized carbons (Fsp3) is 0.118. The number of rotatable bonds is 4. The Balaban J connectivity index is 1.71. The fourth-order valence-corrected chi connectivity index (χ4v) is 3.06. The maximum Gasteiger partial charge on any atom is 0.253 e. The van der Waals surface area contributed by atoms with Gasteiger partial charge < -0.3 is 5.32 Å². The number of benzene rings is 1. The Bertz CT molecular complexity index is 769. The van der Waals surface area contributed by atoms with E-state index in [-0.39, 0.29) is 5.91 Å². The van der Waals surface area contributed by atoms with Gasteiger partial charge in [-0.3, -0.25) is 9.78 Å². The summed E-state index contributed by atoms with van der Waals surface area (Å²) in [7, 11) is 0. The maximum absolute atomic E-state index is 12.0. The average molecular weight is 309 g/mol. The zero-order valence-corrected chi connectivity index (χ0v) is 12.9. The van der Waals surface area contributed by atoms with Crippen LogP contribution in [0.4, 0.5) is 0 Å². The summed E-state index contributed by atoms with van der Waals surface area (Å²) in [5, 5.41) is 3.89. The number of aryl methyl sites for hydroxylation is 1. The molecule has 0 aliphatic heterocycles. The van der Waals surface area contributed by atoms with Crippen molar-refractivity contribution < 1.29 is 4.79 Å². The number of nitrogens with one attached hydrogen (secondary N) is 1. The van der Waals surface area contributed by atoms with Crippen LogP contribution in [-0.2, 0) is 6.54 Å². The summed E-state index contributed by atoms with van der Waals surface area (Å²) in [6.45, 7) is 2.44. The highest BCUT2D eigenvalue weighted by molar-refractivity contribution is 7.15. The second-order valence-electron chi connectivity index (χ2n) is 4.82. The second kappa shape index (κ2) is 6.49. The van der Waals surface area contributed by atoms with Gasteiger partial charge in [0.25, 0.3) is 5.91 Å². The molecule has 22 heavy (non-hydrogen) atoms. The summed E-state index contributed by atoms with van der Waals surface area (Å²) in [4.78, 5) is 21.6. The number of amides is 1. The van der Waals surface area contributed by atoms with Gasteiger partial charge in [0.15, 0.2) is 0 Å². The van der Waals surface area contributed by atoms with Crippen LogP contribution in [-0.4, -0.2) is 15.9 Å². The van der Waals surface area contributed by atoms with Crippen molar-refractivity contribution >= 4 is 17.2 Å². The lowest BCUT2D eigenvalue weighted by molar-refractivity contribution is 0.0951. The van der Waals surface area contributed by atoms with Gasteiger partial charge in [0.1, 0.15) is 5.01 Å². The highest BCUT2D eigenvalue weighted by Gasteiger charge is 2.11. The highest BCUT2D eigenvalue weighted by atomic mass is 32.1. The molecule has 5 heteroatoms. The third-order valence-corrected chi connectivity index (χ3v) is 4.45. The van der Waals surface area contributed by atoms with Gasteiger partial charge in [0.05, 0.1) is 17.8 Å². The van der Waals surface area contributed by atoms with Crippen molar-refractivity contribution in [3.8, 4) is 10.6 Å². The molecule has 0 bridgehead atoms. The smallest absolute Gasteiger partial charge is 0.253 e. The van der Waals surface area contributed by atoms with E-state index in [1.165, 1.54) is 0 Å². The van der Waals surface area contributed by atoms with Gasteiger partial charge in [-0.15, -0.1) is 11.3 Å². The van der Waals surface area contributed by atoms with E-state index in [1.54, 1.807) is 35.9 Å². The van der Waals surface area contributed by atoms with E-state index in [9.17, 15) is 4.79 Å². The topological polar surface area (TPSA) is 54.9 Å². The molecule has 1 N–H and O–H groups in total. The van der Waals surface area contributed by atoms with Gasteiger partial charge in [-0.2, -0.15) is 0 Å². The van der Waals surface area contributed by atoms with Gasteiger partial charge in [0.2, 0.25) is 0 Å². The fourth-order valence-electron chi connectivity index (χ4n) is 2.06. The molecule has 110 valence electrons. The first-order valence-corrected chi connectivity index (χ1v) is 7.75. The van der Waals surface area contributed by atoms with Crippen molar-refractivity contribution in [1.29, 1.82) is 0 Å². The Kier molecular flexibility index (Phi) is 4.25. The number of nitrogens with zero attached hydrogens (tertiary/aromatic N) is 2. The molecule has 1 amide bonds. The van der Waals surface area contributed by atoms with Crippen LogP contribution in [0, 0.1) is 6.92 Å². The Morgan fingerprint density at radius 1 is 1.18 bits per heavy atom. The van der Waals surface area contributed by atoms with Crippen LogP contribution in [0.1, 0.15) is 20.9 Å². The zero-order chi connectivity index (χ0) is 15.4. The highest BCUT2D eigenvalue weighted by Crippen LogP contribution is 2.27. The number of hydrogen-bond donors (Lipinski definition) is 1. The molecule has 0 saturated carbocycles. The quantitative estimate of drug-likeness (QED) is 0.803. The van der Waals surface area contributed by atoms with Crippen molar-refractivity contribution in [3.05, 3.63) is 71.0 Å². The predicted octanol–water partition coefficient (Wildman–Crippen LogP) is 3.44. The van der Waals surface area contributed by atoms with E-state index in [0.717, 1.165) is 21.1 Å². The van der Waals surface area contributed by atoms with Gasteiger partial charge in [-0.25, -0.2) is 4.98 Å². The van der Waals surface area contributed by atoms with Gasteiger partial charge in [-0.1, -0.05) is 30.3 Å². The molecule has 4 nitrogen and oxygen atoms in total. The van der Waals surface area contributed by atoms with Crippen molar-refractivity contribution in [3.63, 3.8) is 0 Å². The number of carbonyl (C=O) groups is 1. The van der Waals surface area contributed by atoms with Crippen LogP contribution in [0.3, 0.4) is 0 Å². The lowest BCUT2D eigenvalue weighted by Crippen LogP contribution is -2.22. The number of aromatic nitrogens is 2. The van der Waals surface area contributed by atoms with Gasteiger partial charge >= 0.3 is 0 Å². The van der Waals surface area contributed by atoms with Gasteiger partial charge in [0, 0.05) is 22.8 Å². The Morgan fingerprint density at radius 3 is 2.73 bits per heavy atom. The lowest BCUT2D eigenvalue weighted by atomic mass is 10.2. The molecule has 0 saturated heterocycles. The number of hydrogen-bond acceptors (Lipinski definition) is 4. The summed E-state index contributed by atoms with van der Waals surface area (Å²) < 4.78 is 0. The SMILES string of the molecule is Cc1nc(-c2ccccc2)sc1CNC(=O)c1cccnc1. The van der Waals surface area contributed by atoms with E-state index in [1.807, 2.05) is 37.3 Å². The van der Waals surface area contributed by atoms with Crippen LogP contribution in [0.15, 0.2) is 54.9 Å². The predicted molar refractivity (Wildman–Crippen MR) is 87.7 cm³/mol. The Morgan fingerprint density at radius 2 is 2.00 bits per heavy atom. The summed E-state index contributed by atoms with van der Waals surface area (Å²) >= 11 is 1.61. The monoisotopic (exact) mass is 309 g/mol. The molecule has 3 rings (SSSR count). The van der Waals surface area contributed by atoms with Crippen molar-refractivity contribution in [1.82, 2.24) is 15.3 Å². The summed E-state index contributed by atoms with van der Waals surface area (Å²) in [6, 6.07) is 13.6. The van der Waals surface area contributed by atoms with Crippen molar-refractivity contribution in [2.24, 2.45) is 0 Å². The summed E-state index contributed by atoms with van der Waals surface area (Å²) in [6.07, 6.45) is 3.21. The first kappa shape index (κ1) is 14.4. The van der Waals surface area contributed by atoms with Crippen LogP contribution in [0.5, 0.6) is 0 Å². The standard InChI is InChI=1S/C17H15N3OS/c1-12-15(11-19-16(21)14-8-5-9-18-10-14)22-17(20-12)13-6-3-2-4-7-13/h2-10H,11H2,1H3,(H,19,21). The third kappa shape index (κ3) is 3.20. The molecular weight excluding hydrogens is 294 g/mol. The van der Waals surface area contributed by atoms with E-state index in [4.69, 9.17) is 0 Å². The third-order valence-electron chi connectivity index (χ3n) is 3.25. The summed E-state index contributed by atoms with van der Waals surface area (Å²) in [5.74, 6) is -0.123. The molecule has 0 unspecified atom stereocenters. The number of carbonyl (C=O) groups excluding carboxylic acids is 1. The number of pyridine rings is 1. The van der Waals surface area contributed by atoms with Crippen LogP contribution >= 0.6 is 11.3 Å². The molecule has 2 heterocycles. The second-order valence-corrected chi connectivity index (χ2v) is 5.90. The van der Waals surface area contributed by atoms with Gasteiger partial charge in [-0.05, 0) is 19.1 Å². The molecule has 0 fully saturated rings. The normalized spacial score (nSPS) is 10.4. The minimum absolute atomic E-state index is 0.123. The first-order chi connectivity index (χ1) is 10.7. The molecule has 2 aromatic heterocycles. The summed E-state index contributed by atoms with van der Waals surface area (Å²) in [5.41, 5.74) is 2.61. The molecule has 1 aromatic carbocycles. The molecule has 0 aliphatic rings. The van der Waals surface area contributed by atoms with E-state index in [0.29, 0.717) is 12.1 Å². The molecule has 3 aromatic rings. The average Bonchev–Trinajstić information content (AvgIpc) is 2.95. The van der Waals surface area contributed by atoms with Crippen molar-refractivity contribution in [2.45, 2.75) is 13.5 Å². The molecule has 0 radical (unpaired) electrons. The maximum atomic E-state index is 12.0. The first-order valence-electron chi connectivity index (χ1n) is 6.94. The molecule has 0 spiro atoms. The minimum Gasteiger partial charge on any atom is -0.347 e. The zero-order valence-electron chi connectivity index (χ0n) is 12.1. The Labute approximate surface area is 132 Å². The van der Waals surface area contributed by atoms with Crippen LogP contribution in [0.25, 0.3) is 10.6 Å². The largest absolute Gasteiger partial charge is 0.347 e. The molecular formula is C17H15N3OS. The minimum atomic E-state index is -0.123. The van der Waals surface area contributed by atoms with E-state index in [2.05, 4.69) is 15.3 Å². The van der Waals surface area contributed by atoms with Crippen molar-refractivity contribution in [2.75, 3.05) is 0 Å². The van der Waals surface area contributed by atoms with E-state index >= 15 is 0 Å². The molecule has 0 atom stereocenters. The Hall–Kier alpha value is -2.53. The van der Waals surface area contributed by atoms with E-state index < -0.39 is 0 Å². The lowest BCUT2D eigenvalue weighted by Gasteiger charge is -2.03. The van der Waals surface area contributed by atoms with Crippen LogP contribution < -0.4 is 5.32 Å². The molecule has 0 aliphatic carbocycles. The number of thiazole rings is 1. The van der Waals surface area contributed by atoms with Crippen LogP contribution in [0.2, 0.25) is 0 Å².